The quantitative estimate of drug-likeness (QED) is 0.477. The summed E-state index contributed by atoms with van der Waals surface area (Å²) in [5.74, 6) is -0.982. The second-order valence-electron chi connectivity index (χ2n) is 3.34. The van der Waals surface area contributed by atoms with Gasteiger partial charge in [-0.1, -0.05) is 12.2 Å². The van der Waals surface area contributed by atoms with Crippen molar-refractivity contribution in [2.24, 2.45) is 5.41 Å². The van der Waals surface area contributed by atoms with Gasteiger partial charge in [0, 0.05) is 0 Å². The van der Waals surface area contributed by atoms with Gasteiger partial charge in [0.25, 0.3) is 0 Å². The Kier molecular flexibility index (Phi) is 2.21. The molecule has 0 aromatic carbocycles. The van der Waals surface area contributed by atoms with E-state index in [-0.39, 0.29) is 6.42 Å². The number of aliphatic hydroxyl groups excluding tert-OH is 2. The highest BCUT2D eigenvalue weighted by Crippen LogP contribution is 2.30. The van der Waals surface area contributed by atoms with Crippen LogP contribution in [0.25, 0.3) is 0 Å². The summed E-state index contributed by atoms with van der Waals surface area (Å²) in [6.45, 7) is 1.51. The SMILES string of the molecule is C[C@@]1(C(=O)O)C=C[C@@H](O)[C@H](O)C1. The molecule has 1 aliphatic carbocycles. The van der Waals surface area contributed by atoms with Gasteiger partial charge in [0.1, 0.15) is 0 Å². The minimum Gasteiger partial charge on any atom is -0.481 e. The van der Waals surface area contributed by atoms with Crippen LogP contribution < -0.4 is 0 Å². The molecule has 0 aliphatic heterocycles. The average molecular weight is 172 g/mol. The molecular formula is C8H12O4. The third-order valence-electron chi connectivity index (χ3n) is 2.18. The Morgan fingerprint density at radius 1 is 1.58 bits per heavy atom. The fourth-order valence-corrected chi connectivity index (χ4v) is 1.22. The summed E-state index contributed by atoms with van der Waals surface area (Å²) in [6.07, 6.45) is 0.892. The van der Waals surface area contributed by atoms with E-state index in [1.165, 1.54) is 19.1 Å². The molecule has 3 atom stereocenters. The lowest BCUT2D eigenvalue weighted by Crippen LogP contribution is -2.39. The fourth-order valence-electron chi connectivity index (χ4n) is 1.22. The second-order valence-corrected chi connectivity index (χ2v) is 3.34. The van der Waals surface area contributed by atoms with Gasteiger partial charge in [-0.25, -0.2) is 0 Å². The Bertz CT molecular complexity index is 223. The number of carboxylic acid groups (broad SMARTS) is 1. The molecule has 68 valence electrons. The van der Waals surface area contributed by atoms with Crippen LogP contribution in [-0.4, -0.2) is 33.5 Å². The topological polar surface area (TPSA) is 77.8 Å². The molecule has 0 aromatic rings. The van der Waals surface area contributed by atoms with Crippen molar-refractivity contribution in [2.45, 2.75) is 25.6 Å². The van der Waals surface area contributed by atoms with Gasteiger partial charge in [0.15, 0.2) is 0 Å². The van der Waals surface area contributed by atoms with Crippen molar-refractivity contribution in [1.29, 1.82) is 0 Å². The van der Waals surface area contributed by atoms with Gasteiger partial charge >= 0.3 is 5.97 Å². The Balaban J connectivity index is 2.85. The van der Waals surface area contributed by atoms with Crippen LogP contribution in [0.2, 0.25) is 0 Å². The highest BCUT2D eigenvalue weighted by atomic mass is 16.4. The van der Waals surface area contributed by atoms with Crippen LogP contribution in [0.1, 0.15) is 13.3 Å². The molecule has 0 saturated heterocycles. The van der Waals surface area contributed by atoms with Gasteiger partial charge in [-0.15, -0.1) is 0 Å². The molecule has 4 heteroatoms. The van der Waals surface area contributed by atoms with Crippen molar-refractivity contribution in [3.05, 3.63) is 12.2 Å². The van der Waals surface area contributed by atoms with Crippen LogP contribution in [0.15, 0.2) is 12.2 Å². The minimum atomic E-state index is -1.04. The van der Waals surface area contributed by atoms with E-state index in [1.54, 1.807) is 0 Å². The molecule has 3 N–H and O–H groups in total. The minimum absolute atomic E-state index is 0.0556. The van der Waals surface area contributed by atoms with Crippen molar-refractivity contribution < 1.29 is 20.1 Å². The molecule has 0 bridgehead atoms. The van der Waals surface area contributed by atoms with Gasteiger partial charge in [-0.3, -0.25) is 4.79 Å². The van der Waals surface area contributed by atoms with Crippen molar-refractivity contribution in [2.75, 3.05) is 0 Å². The summed E-state index contributed by atoms with van der Waals surface area (Å²) in [7, 11) is 0. The Labute approximate surface area is 70.1 Å². The van der Waals surface area contributed by atoms with Crippen molar-refractivity contribution in [1.82, 2.24) is 0 Å². The van der Waals surface area contributed by atoms with E-state index in [0.29, 0.717) is 0 Å². The van der Waals surface area contributed by atoms with Crippen LogP contribution >= 0.6 is 0 Å². The number of rotatable bonds is 1. The van der Waals surface area contributed by atoms with E-state index < -0.39 is 23.6 Å². The average Bonchev–Trinajstić information content (AvgIpc) is 1.97. The van der Waals surface area contributed by atoms with Gasteiger partial charge in [-0.2, -0.15) is 0 Å². The monoisotopic (exact) mass is 172 g/mol. The lowest BCUT2D eigenvalue weighted by molar-refractivity contribution is -0.148. The first-order valence-corrected chi connectivity index (χ1v) is 3.74. The smallest absolute Gasteiger partial charge is 0.313 e. The summed E-state index contributed by atoms with van der Waals surface area (Å²) in [5, 5.41) is 27.0. The molecule has 4 nitrogen and oxygen atoms in total. The van der Waals surface area contributed by atoms with Crippen molar-refractivity contribution in [3.63, 3.8) is 0 Å². The summed E-state index contributed by atoms with van der Waals surface area (Å²) < 4.78 is 0. The van der Waals surface area contributed by atoms with Crippen LogP contribution in [0.3, 0.4) is 0 Å². The zero-order valence-electron chi connectivity index (χ0n) is 6.77. The third-order valence-corrected chi connectivity index (χ3v) is 2.18. The van der Waals surface area contributed by atoms with E-state index >= 15 is 0 Å². The molecule has 0 radical (unpaired) electrons. The maximum atomic E-state index is 10.7. The number of aliphatic carboxylic acids is 1. The van der Waals surface area contributed by atoms with E-state index in [4.69, 9.17) is 10.2 Å². The molecule has 12 heavy (non-hydrogen) atoms. The Hall–Kier alpha value is -0.870. The van der Waals surface area contributed by atoms with Crippen LogP contribution in [0.5, 0.6) is 0 Å². The zero-order chi connectivity index (χ0) is 9.35. The maximum absolute atomic E-state index is 10.7. The van der Waals surface area contributed by atoms with E-state index in [9.17, 15) is 9.90 Å². The normalized spacial score (nSPS) is 41.2. The first-order chi connectivity index (χ1) is 5.46. The molecular weight excluding hydrogens is 160 g/mol. The number of carbonyl (C=O) groups is 1. The van der Waals surface area contributed by atoms with Gasteiger partial charge in [0.05, 0.1) is 17.6 Å². The molecule has 0 aromatic heterocycles. The predicted molar refractivity (Wildman–Crippen MR) is 41.5 cm³/mol. The maximum Gasteiger partial charge on any atom is 0.313 e. The molecule has 0 unspecified atom stereocenters. The zero-order valence-corrected chi connectivity index (χ0v) is 6.77. The standard InChI is InChI=1S/C8H12O4/c1-8(7(11)12)3-2-5(9)6(10)4-8/h2-3,5-6,9-10H,4H2,1H3,(H,11,12)/t5-,6-,8-/m1/s1. The number of hydrogen-bond acceptors (Lipinski definition) is 3. The Morgan fingerprint density at radius 3 is 2.58 bits per heavy atom. The van der Waals surface area contributed by atoms with Gasteiger partial charge in [0.2, 0.25) is 0 Å². The van der Waals surface area contributed by atoms with E-state index in [0.717, 1.165) is 0 Å². The molecule has 0 amide bonds. The third kappa shape index (κ3) is 1.49. The summed E-state index contributed by atoms with van der Waals surface area (Å²) in [5.41, 5.74) is -1.04. The summed E-state index contributed by atoms with van der Waals surface area (Å²) >= 11 is 0. The van der Waals surface area contributed by atoms with E-state index in [1.807, 2.05) is 0 Å². The highest BCUT2D eigenvalue weighted by molar-refractivity contribution is 5.76. The highest BCUT2D eigenvalue weighted by Gasteiger charge is 2.37. The number of carboxylic acids is 1. The summed E-state index contributed by atoms with van der Waals surface area (Å²) in [4.78, 5) is 10.7. The molecule has 0 fully saturated rings. The number of aliphatic hydroxyl groups is 2. The molecule has 0 heterocycles. The fraction of sp³-hybridized carbons (Fsp3) is 0.625. The molecule has 0 saturated carbocycles. The first-order valence-electron chi connectivity index (χ1n) is 3.74. The molecule has 1 aliphatic rings. The Morgan fingerprint density at radius 2 is 2.17 bits per heavy atom. The van der Waals surface area contributed by atoms with Crippen LogP contribution in [0, 0.1) is 5.41 Å². The molecule has 1 rings (SSSR count). The van der Waals surface area contributed by atoms with Crippen molar-refractivity contribution >= 4 is 5.97 Å². The predicted octanol–water partition coefficient (Wildman–Crippen LogP) is -0.241. The second kappa shape index (κ2) is 2.88. The largest absolute Gasteiger partial charge is 0.481 e. The van der Waals surface area contributed by atoms with Crippen molar-refractivity contribution in [3.8, 4) is 0 Å². The van der Waals surface area contributed by atoms with Gasteiger partial charge in [-0.05, 0) is 13.3 Å². The van der Waals surface area contributed by atoms with Crippen LogP contribution in [0.4, 0.5) is 0 Å². The van der Waals surface area contributed by atoms with Crippen LogP contribution in [-0.2, 0) is 4.79 Å². The lowest BCUT2D eigenvalue weighted by atomic mass is 9.79. The van der Waals surface area contributed by atoms with Gasteiger partial charge < -0.3 is 15.3 Å². The summed E-state index contributed by atoms with van der Waals surface area (Å²) in [6, 6.07) is 0. The number of hydrogen-bond donors (Lipinski definition) is 3. The molecule has 0 spiro atoms. The lowest BCUT2D eigenvalue weighted by Gasteiger charge is -2.30. The van der Waals surface area contributed by atoms with E-state index in [2.05, 4.69) is 0 Å². The first kappa shape index (κ1) is 9.22.